The topological polar surface area (TPSA) is 23.5 Å². The van der Waals surface area contributed by atoms with E-state index in [1.165, 1.54) is 6.42 Å². The Morgan fingerprint density at radius 2 is 2.15 bits per heavy atom. The van der Waals surface area contributed by atoms with Crippen molar-refractivity contribution in [2.75, 3.05) is 19.6 Å². The van der Waals surface area contributed by atoms with Gasteiger partial charge in [0.25, 0.3) is 0 Å². The molecular weight excluding hydrogens is 338 g/mol. The van der Waals surface area contributed by atoms with Gasteiger partial charge in [-0.15, -0.1) is 0 Å². The maximum absolute atomic E-state index is 10.9. The van der Waals surface area contributed by atoms with E-state index < -0.39 is 5.60 Å². The van der Waals surface area contributed by atoms with Gasteiger partial charge in [0.2, 0.25) is 0 Å². The second-order valence-corrected chi connectivity index (χ2v) is 7.15. The van der Waals surface area contributed by atoms with E-state index in [0.29, 0.717) is 6.42 Å². The van der Waals surface area contributed by atoms with Crippen molar-refractivity contribution < 1.29 is 5.11 Å². The summed E-state index contributed by atoms with van der Waals surface area (Å²) in [7, 11) is 0. The highest BCUT2D eigenvalue weighted by atomic mass is 79.9. The van der Waals surface area contributed by atoms with E-state index in [9.17, 15) is 5.11 Å². The molecule has 112 valence electrons. The number of benzene rings is 1. The molecule has 0 aromatic heterocycles. The highest BCUT2D eigenvalue weighted by Crippen LogP contribution is 2.30. The minimum Gasteiger partial charge on any atom is -0.389 e. The maximum atomic E-state index is 10.9. The monoisotopic (exact) mass is 359 g/mol. The molecule has 0 bridgehead atoms. The van der Waals surface area contributed by atoms with Crippen LogP contribution in [0.1, 0.15) is 38.2 Å². The standard InChI is InChI=1S/C16H23BrClNO/c1-2-8-19-9-3-6-16(20,7-10-19)12-13-4-5-14(17)11-15(13)18/h4-5,11,20H,2-3,6-10,12H2,1H3. The van der Waals surface area contributed by atoms with Gasteiger partial charge in [-0.25, -0.2) is 0 Å². The van der Waals surface area contributed by atoms with Crippen molar-refractivity contribution in [2.45, 2.75) is 44.6 Å². The normalized spacial score (nSPS) is 24.6. The van der Waals surface area contributed by atoms with Gasteiger partial charge in [0, 0.05) is 22.5 Å². The van der Waals surface area contributed by atoms with Crippen LogP contribution in [0.3, 0.4) is 0 Å². The summed E-state index contributed by atoms with van der Waals surface area (Å²) < 4.78 is 0.980. The molecule has 1 aliphatic heterocycles. The van der Waals surface area contributed by atoms with Crippen molar-refractivity contribution in [1.29, 1.82) is 0 Å². The Morgan fingerprint density at radius 3 is 2.85 bits per heavy atom. The van der Waals surface area contributed by atoms with Gasteiger partial charge in [-0.2, -0.15) is 0 Å². The van der Waals surface area contributed by atoms with Crippen molar-refractivity contribution in [3.8, 4) is 0 Å². The lowest BCUT2D eigenvalue weighted by atomic mass is 9.88. The number of hydrogen-bond acceptors (Lipinski definition) is 2. The predicted molar refractivity (Wildman–Crippen MR) is 88.4 cm³/mol. The molecule has 1 unspecified atom stereocenters. The molecule has 4 heteroatoms. The average molecular weight is 361 g/mol. The van der Waals surface area contributed by atoms with Crippen LogP contribution < -0.4 is 0 Å². The number of aliphatic hydroxyl groups is 1. The van der Waals surface area contributed by atoms with Crippen LogP contribution in [0, 0.1) is 0 Å². The zero-order valence-corrected chi connectivity index (χ0v) is 14.4. The third kappa shape index (κ3) is 4.45. The lowest BCUT2D eigenvalue weighted by Gasteiger charge is -2.27. The zero-order valence-electron chi connectivity index (χ0n) is 12.0. The Balaban J connectivity index is 2.03. The fraction of sp³-hybridized carbons (Fsp3) is 0.625. The molecule has 0 saturated carbocycles. The summed E-state index contributed by atoms with van der Waals surface area (Å²) >= 11 is 9.70. The average Bonchev–Trinajstić information content (AvgIpc) is 2.57. The number of nitrogens with zero attached hydrogens (tertiary/aromatic N) is 1. The number of rotatable bonds is 4. The van der Waals surface area contributed by atoms with Gasteiger partial charge in [-0.05, 0) is 56.5 Å². The minimum absolute atomic E-state index is 0.611. The third-order valence-electron chi connectivity index (χ3n) is 4.08. The van der Waals surface area contributed by atoms with E-state index in [2.05, 4.69) is 27.8 Å². The van der Waals surface area contributed by atoms with Gasteiger partial charge in [-0.3, -0.25) is 0 Å². The van der Waals surface area contributed by atoms with E-state index in [1.54, 1.807) is 0 Å². The van der Waals surface area contributed by atoms with Crippen molar-refractivity contribution in [3.05, 3.63) is 33.3 Å². The molecule has 1 fully saturated rings. The number of halogens is 2. The highest BCUT2D eigenvalue weighted by molar-refractivity contribution is 9.10. The van der Waals surface area contributed by atoms with Crippen LogP contribution in [-0.4, -0.2) is 35.2 Å². The van der Waals surface area contributed by atoms with Crippen LogP contribution >= 0.6 is 27.5 Å². The van der Waals surface area contributed by atoms with Crippen molar-refractivity contribution in [1.82, 2.24) is 4.90 Å². The molecule has 0 aliphatic carbocycles. The molecule has 1 atom stereocenters. The molecule has 1 heterocycles. The van der Waals surface area contributed by atoms with Gasteiger partial charge >= 0.3 is 0 Å². The van der Waals surface area contributed by atoms with Crippen molar-refractivity contribution in [2.24, 2.45) is 0 Å². The fourth-order valence-corrected chi connectivity index (χ4v) is 3.71. The van der Waals surface area contributed by atoms with Gasteiger partial charge < -0.3 is 10.0 Å². The second-order valence-electron chi connectivity index (χ2n) is 5.83. The lowest BCUT2D eigenvalue weighted by molar-refractivity contribution is 0.0257. The summed E-state index contributed by atoms with van der Waals surface area (Å²) in [5, 5.41) is 11.6. The summed E-state index contributed by atoms with van der Waals surface area (Å²) in [4.78, 5) is 2.46. The van der Waals surface area contributed by atoms with Crippen molar-refractivity contribution in [3.63, 3.8) is 0 Å². The SMILES string of the molecule is CCCN1CCCC(O)(Cc2ccc(Br)cc2Cl)CC1. The van der Waals surface area contributed by atoms with E-state index in [0.717, 1.165) is 54.0 Å². The number of likely N-dealkylation sites (tertiary alicyclic amines) is 1. The third-order valence-corrected chi connectivity index (χ3v) is 4.93. The molecule has 1 aromatic rings. The lowest BCUT2D eigenvalue weighted by Crippen LogP contribution is -2.33. The molecule has 2 nitrogen and oxygen atoms in total. The fourth-order valence-electron chi connectivity index (χ4n) is 2.97. The van der Waals surface area contributed by atoms with Gasteiger partial charge in [-0.1, -0.05) is 40.5 Å². The smallest absolute Gasteiger partial charge is 0.0701 e. The molecule has 0 spiro atoms. The molecule has 20 heavy (non-hydrogen) atoms. The number of hydrogen-bond donors (Lipinski definition) is 1. The molecule has 1 aromatic carbocycles. The molecule has 1 saturated heterocycles. The summed E-state index contributed by atoms with van der Waals surface area (Å²) in [6, 6.07) is 5.91. The predicted octanol–water partition coefficient (Wildman–Crippen LogP) is 4.27. The van der Waals surface area contributed by atoms with E-state index in [-0.39, 0.29) is 0 Å². The quantitative estimate of drug-likeness (QED) is 0.866. The van der Waals surface area contributed by atoms with Crippen LogP contribution in [0.25, 0.3) is 0 Å². The first-order valence-electron chi connectivity index (χ1n) is 7.41. The molecule has 0 radical (unpaired) electrons. The first kappa shape index (κ1) is 16.3. The van der Waals surface area contributed by atoms with Gasteiger partial charge in [0.05, 0.1) is 5.60 Å². The van der Waals surface area contributed by atoms with E-state index >= 15 is 0 Å². The summed E-state index contributed by atoms with van der Waals surface area (Å²) in [5.41, 5.74) is 0.432. The van der Waals surface area contributed by atoms with Crippen LogP contribution in [0.2, 0.25) is 5.02 Å². The highest BCUT2D eigenvalue weighted by Gasteiger charge is 2.30. The Hall–Kier alpha value is -0.0900. The molecule has 1 aliphatic rings. The van der Waals surface area contributed by atoms with Crippen LogP contribution in [0.5, 0.6) is 0 Å². The first-order valence-corrected chi connectivity index (χ1v) is 8.58. The van der Waals surface area contributed by atoms with Crippen molar-refractivity contribution >= 4 is 27.5 Å². The molecule has 1 N–H and O–H groups in total. The molecule has 0 amide bonds. The Kier molecular flexibility index (Phi) is 5.91. The van der Waals surface area contributed by atoms with Crippen LogP contribution in [-0.2, 0) is 6.42 Å². The van der Waals surface area contributed by atoms with Crippen LogP contribution in [0.15, 0.2) is 22.7 Å². The summed E-state index contributed by atoms with van der Waals surface area (Å²) in [5.74, 6) is 0. The Bertz CT molecular complexity index is 454. The molecule has 2 rings (SSSR count). The second kappa shape index (κ2) is 7.26. The largest absolute Gasteiger partial charge is 0.389 e. The van der Waals surface area contributed by atoms with E-state index in [4.69, 9.17) is 11.6 Å². The minimum atomic E-state index is -0.611. The van der Waals surface area contributed by atoms with Crippen LogP contribution in [0.4, 0.5) is 0 Å². The summed E-state index contributed by atoms with van der Waals surface area (Å²) in [6.07, 6.45) is 4.58. The Labute approximate surface area is 135 Å². The maximum Gasteiger partial charge on any atom is 0.0701 e. The Morgan fingerprint density at radius 1 is 1.35 bits per heavy atom. The molecular formula is C16H23BrClNO. The van der Waals surface area contributed by atoms with E-state index in [1.807, 2.05) is 18.2 Å². The van der Waals surface area contributed by atoms with Gasteiger partial charge in [0.15, 0.2) is 0 Å². The zero-order chi connectivity index (χ0) is 14.6. The summed E-state index contributed by atoms with van der Waals surface area (Å²) in [6.45, 7) is 5.43. The van der Waals surface area contributed by atoms with Gasteiger partial charge in [0.1, 0.15) is 0 Å². The first-order chi connectivity index (χ1) is 9.52.